The molecular formula is C8H7F7O. The molecule has 0 amide bonds. The van der Waals surface area contributed by atoms with Gasteiger partial charge in [0.1, 0.15) is 0 Å². The molecule has 0 aromatic heterocycles. The number of alkyl halides is 4. The first-order valence-electron chi connectivity index (χ1n) is 3.81. The van der Waals surface area contributed by atoms with Gasteiger partial charge in [-0.05, 0) is 0 Å². The van der Waals surface area contributed by atoms with Crippen LogP contribution < -0.4 is 0 Å². The molecule has 1 nitrogen and oxygen atoms in total. The molecule has 1 N–H and O–H groups in total. The van der Waals surface area contributed by atoms with Crippen LogP contribution in [0.5, 0.6) is 0 Å². The second-order valence-corrected chi connectivity index (χ2v) is 2.87. The summed E-state index contributed by atoms with van der Waals surface area (Å²) >= 11 is 0. The number of hydrogen-bond acceptors (Lipinski definition) is 1. The number of aliphatic hydroxyl groups is 1. The van der Waals surface area contributed by atoms with Gasteiger partial charge >= 0.3 is 12.0 Å². The Kier molecular flexibility index (Phi) is 4.54. The van der Waals surface area contributed by atoms with Crippen LogP contribution in [0.15, 0.2) is 24.6 Å². The fraction of sp³-hybridized carbons (Fsp3) is 0.500. The van der Waals surface area contributed by atoms with E-state index < -0.39 is 36.3 Å². The van der Waals surface area contributed by atoms with Gasteiger partial charge in [0.05, 0.1) is 0 Å². The molecule has 0 aliphatic carbocycles. The molecule has 0 saturated carbocycles. The maximum absolute atomic E-state index is 12.9. The van der Waals surface area contributed by atoms with Crippen LogP contribution in [0.3, 0.4) is 0 Å². The molecule has 0 radical (unpaired) electrons. The van der Waals surface area contributed by atoms with Gasteiger partial charge in [0.2, 0.25) is 5.83 Å². The summed E-state index contributed by atoms with van der Waals surface area (Å²) in [5, 5.41) is 8.86. The van der Waals surface area contributed by atoms with Crippen molar-refractivity contribution in [3.63, 3.8) is 0 Å². The van der Waals surface area contributed by atoms with E-state index in [2.05, 4.69) is 6.58 Å². The van der Waals surface area contributed by atoms with E-state index in [0.717, 1.165) is 0 Å². The fourth-order valence-corrected chi connectivity index (χ4v) is 0.883. The highest BCUT2D eigenvalue weighted by atomic mass is 19.3. The molecule has 0 saturated heterocycles. The lowest BCUT2D eigenvalue weighted by atomic mass is 9.91. The molecule has 8 heteroatoms. The summed E-state index contributed by atoms with van der Waals surface area (Å²) in [6.45, 7) is 2.79. The normalized spacial score (nSPS) is 15.8. The molecule has 1 unspecified atom stereocenters. The molecule has 16 heavy (non-hydrogen) atoms. The summed E-state index contributed by atoms with van der Waals surface area (Å²) in [7, 11) is 0. The van der Waals surface area contributed by atoms with E-state index in [4.69, 9.17) is 5.11 Å². The average Bonchev–Trinajstić information content (AvgIpc) is 2.15. The van der Waals surface area contributed by atoms with Crippen molar-refractivity contribution in [3.8, 4) is 0 Å². The third-order valence-corrected chi connectivity index (χ3v) is 1.80. The van der Waals surface area contributed by atoms with E-state index >= 15 is 0 Å². The molecular weight excluding hydrogens is 245 g/mol. The quantitative estimate of drug-likeness (QED) is 0.588. The first kappa shape index (κ1) is 14.9. The highest BCUT2D eigenvalue weighted by Gasteiger charge is 2.62. The summed E-state index contributed by atoms with van der Waals surface area (Å²) in [5.74, 6) is -8.77. The predicted molar refractivity (Wildman–Crippen MR) is 41.1 cm³/mol. The molecule has 1 atom stereocenters. The van der Waals surface area contributed by atoms with Crippen LogP contribution in [0.1, 0.15) is 6.42 Å². The minimum Gasteiger partial charge on any atom is -0.378 e. The van der Waals surface area contributed by atoms with Crippen molar-refractivity contribution in [1.82, 2.24) is 0 Å². The molecule has 0 aromatic rings. The summed E-state index contributed by atoms with van der Waals surface area (Å²) < 4.78 is 85.6. The monoisotopic (exact) mass is 252 g/mol. The molecule has 0 spiro atoms. The maximum Gasteiger partial charge on any atom is 0.338 e. The third kappa shape index (κ3) is 2.37. The van der Waals surface area contributed by atoms with Crippen molar-refractivity contribution in [2.24, 2.45) is 0 Å². The summed E-state index contributed by atoms with van der Waals surface area (Å²) in [6, 6.07) is 0. The van der Waals surface area contributed by atoms with Crippen molar-refractivity contribution in [2.75, 3.05) is 0 Å². The zero-order valence-corrected chi connectivity index (χ0v) is 7.66. The van der Waals surface area contributed by atoms with Crippen molar-refractivity contribution in [3.05, 3.63) is 24.6 Å². The predicted octanol–water partition coefficient (Wildman–Crippen LogP) is 3.27. The van der Waals surface area contributed by atoms with Crippen LogP contribution in [-0.4, -0.2) is 23.1 Å². The molecule has 0 aromatic carbocycles. The Morgan fingerprint density at radius 2 is 1.69 bits per heavy atom. The minimum atomic E-state index is -5.39. The molecule has 0 fully saturated rings. The Bertz CT molecular complexity index is 295. The van der Waals surface area contributed by atoms with Crippen molar-refractivity contribution < 1.29 is 35.8 Å². The van der Waals surface area contributed by atoms with Gasteiger partial charge in [-0.15, -0.1) is 6.58 Å². The van der Waals surface area contributed by atoms with Crippen LogP contribution >= 0.6 is 0 Å². The third-order valence-electron chi connectivity index (χ3n) is 1.80. The first-order chi connectivity index (χ1) is 7.11. The van der Waals surface area contributed by atoms with Gasteiger partial charge in [-0.2, -0.15) is 22.0 Å². The lowest BCUT2D eigenvalue weighted by Crippen LogP contribution is -2.54. The molecule has 0 aliphatic heterocycles. The molecule has 0 rings (SSSR count). The van der Waals surface area contributed by atoms with Crippen molar-refractivity contribution in [1.29, 1.82) is 0 Å². The standard InChI is InChI=1S/C8H7F7O/c1-2-3-7(16,6(12)13)8(14,15)4(9)5(10)11/h2,6,16H,1,3H2. The summed E-state index contributed by atoms with van der Waals surface area (Å²) in [6.07, 6.45) is -8.58. The fourth-order valence-electron chi connectivity index (χ4n) is 0.883. The van der Waals surface area contributed by atoms with Gasteiger partial charge in [-0.25, -0.2) is 8.78 Å². The smallest absolute Gasteiger partial charge is 0.338 e. The van der Waals surface area contributed by atoms with Crippen molar-refractivity contribution >= 4 is 0 Å². The zero-order chi connectivity index (χ0) is 13.1. The lowest BCUT2D eigenvalue weighted by Gasteiger charge is -2.32. The zero-order valence-electron chi connectivity index (χ0n) is 7.66. The highest BCUT2D eigenvalue weighted by molar-refractivity contribution is 5.16. The van der Waals surface area contributed by atoms with Crippen LogP contribution in [0, 0.1) is 0 Å². The largest absolute Gasteiger partial charge is 0.378 e. The lowest BCUT2D eigenvalue weighted by molar-refractivity contribution is -0.225. The van der Waals surface area contributed by atoms with Crippen LogP contribution in [0.2, 0.25) is 0 Å². The SMILES string of the molecule is C=CCC(O)(C(F)F)C(F)(F)C(F)=C(F)F. The second kappa shape index (κ2) is 4.86. The molecule has 94 valence electrons. The van der Waals surface area contributed by atoms with Gasteiger partial charge in [0.25, 0.3) is 6.43 Å². The molecule has 0 aliphatic rings. The summed E-state index contributed by atoms with van der Waals surface area (Å²) in [5.41, 5.74) is -4.25. The highest BCUT2D eigenvalue weighted by Crippen LogP contribution is 2.44. The number of hydrogen-bond donors (Lipinski definition) is 1. The minimum absolute atomic E-state index is 0.448. The van der Waals surface area contributed by atoms with E-state index in [1.165, 1.54) is 0 Å². The van der Waals surface area contributed by atoms with Crippen molar-refractivity contribution in [2.45, 2.75) is 24.4 Å². The van der Waals surface area contributed by atoms with E-state index in [1.807, 2.05) is 0 Å². The van der Waals surface area contributed by atoms with E-state index in [0.29, 0.717) is 6.08 Å². The van der Waals surface area contributed by atoms with Gasteiger partial charge in [-0.1, -0.05) is 6.08 Å². The van der Waals surface area contributed by atoms with Crippen LogP contribution in [-0.2, 0) is 0 Å². The van der Waals surface area contributed by atoms with E-state index in [1.54, 1.807) is 0 Å². The van der Waals surface area contributed by atoms with Gasteiger partial charge in [0.15, 0.2) is 5.60 Å². The number of halogens is 7. The van der Waals surface area contributed by atoms with Gasteiger partial charge in [0, 0.05) is 6.42 Å². The van der Waals surface area contributed by atoms with Crippen LogP contribution in [0.25, 0.3) is 0 Å². The van der Waals surface area contributed by atoms with Gasteiger partial charge in [-0.3, -0.25) is 0 Å². The van der Waals surface area contributed by atoms with E-state index in [-0.39, 0.29) is 0 Å². The Balaban J connectivity index is 5.54. The Hall–Kier alpha value is -1.05. The topological polar surface area (TPSA) is 20.2 Å². The molecule has 0 heterocycles. The number of rotatable bonds is 5. The van der Waals surface area contributed by atoms with Crippen LogP contribution in [0.4, 0.5) is 30.7 Å². The second-order valence-electron chi connectivity index (χ2n) is 2.87. The van der Waals surface area contributed by atoms with Gasteiger partial charge < -0.3 is 5.11 Å². The summed E-state index contributed by atoms with van der Waals surface area (Å²) in [4.78, 5) is 0. The Morgan fingerprint density at radius 1 is 1.25 bits per heavy atom. The van der Waals surface area contributed by atoms with E-state index in [9.17, 15) is 30.7 Å². The first-order valence-corrected chi connectivity index (χ1v) is 3.81. The Morgan fingerprint density at radius 3 is 1.94 bits per heavy atom. The maximum atomic E-state index is 12.9. The average molecular weight is 252 g/mol. The molecule has 0 bridgehead atoms. The Labute approximate surface area is 85.9 Å².